The highest BCUT2D eigenvalue weighted by Gasteiger charge is 2.45. The molecule has 6 nitrogen and oxygen atoms in total. The van der Waals surface area contributed by atoms with Gasteiger partial charge in [0, 0.05) is 56.2 Å². The molecule has 214 valence electrons. The lowest BCUT2D eigenvalue weighted by Gasteiger charge is -2.35. The van der Waals surface area contributed by atoms with Crippen LogP contribution >= 0.6 is 0 Å². The first-order valence-electron chi connectivity index (χ1n) is 15.3. The van der Waals surface area contributed by atoms with Gasteiger partial charge in [0.2, 0.25) is 0 Å². The van der Waals surface area contributed by atoms with Crippen LogP contribution in [0.15, 0.2) is 114 Å². The molecule has 2 unspecified atom stereocenters. The van der Waals surface area contributed by atoms with E-state index in [1.807, 2.05) is 0 Å². The predicted molar refractivity (Wildman–Crippen MR) is 172 cm³/mol. The van der Waals surface area contributed by atoms with Crippen molar-refractivity contribution >= 4 is 22.8 Å². The number of fused-ring (bicyclic) bond motifs is 5. The van der Waals surface area contributed by atoms with Crippen LogP contribution in [0.3, 0.4) is 0 Å². The van der Waals surface area contributed by atoms with Gasteiger partial charge in [-0.15, -0.1) is 0 Å². The summed E-state index contributed by atoms with van der Waals surface area (Å²) in [5.41, 5.74) is 8.60. The maximum absolute atomic E-state index is 9.30. The highest BCUT2D eigenvalue weighted by atomic mass is 16.3. The van der Waals surface area contributed by atoms with Crippen LogP contribution in [0.5, 0.6) is 0 Å². The number of hydrazone groups is 1. The second kappa shape index (κ2) is 12.1. The van der Waals surface area contributed by atoms with Gasteiger partial charge in [0.1, 0.15) is 0 Å². The number of para-hydroxylation sites is 3. The molecule has 0 aliphatic carbocycles. The summed E-state index contributed by atoms with van der Waals surface area (Å²) in [5.74, 6) is 0.0922. The number of β-amino-alcohol motifs (C(OH)–C–C–N with tert-alkyl or cyclic N) is 1. The molecule has 4 aromatic carbocycles. The van der Waals surface area contributed by atoms with E-state index in [1.165, 1.54) is 28.1 Å². The Balaban J connectivity index is 1.26. The number of benzene rings is 4. The monoisotopic (exact) mass is 557 g/mol. The van der Waals surface area contributed by atoms with Crippen molar-refractivity contribution in [3.8, 4) is 0 Å². The highest BCUT2D eigenvalue weighted by molar-refractivity contribution is 6.09. The van der Waals surface area contributed by atoms with E-state index in [1.54, 1.807) is 0 Å². The van der Waals surface area contributed by atoms with E-state index >= 15 is 0 Å². The molecule has 3 aliphatic heterocycles. The van der Waals surface area contributed by atoms with Crippen LogP contribution in [0.2, 0.25) is 0 Å². The summed E-state index contributed by atoms with van der Waals surface area (Å²) in [6, 6.07) is 39.3. The van der Waals surface area contributed by atoms with E-state index in [9.17, 15) is 5.11 Å². The van der Waals surface area contributed by atoms with Gasteiger partial charge in [-0.25, -0.2) is 0 Å². The molecule has 2 atom stereocenters. The van der Waals surface area contributed by atoms with Gasteiger partial charge in [0.05, 0.1) is 30.0 Å². The lowest BCUT2D eigenvalue weighted by Crippen LogP contribution is -2.47. The van der Waals surface area contributed by atoms with E-state index in [0.29, 0.717) is 0 Å². The average molecular weight is 558 g/mol. The Morgan fingerprint density at radius 1 is 0.619 bits per heavy atom. The van der Waals surface area contributed by atoms with E-state index < -0.39 is 0 Å². The molecule has 0 bridgehead atoms. The fourth-order valence-electron chi connectivity index (χ4n) is 6.99. The van der Waals surface area contributed by atoms with Crippen LogP contribution in [0.1, 0.15) is 35.1 Å². The molecule has 0 spiro atoms. The molecule has 42 heavy (non-hydrogen) atoms. The van der Waals surface area contributed by atoms with Crippen LogP contribution in [0.25, 0.3) is 0 Å². The zero-order chi connectivity index (χ0) is 28.3. The Kier molecular flexibility index (Phi) is 7.75. The molecule has 3 aliphatic rings. The number of piperazine rings is 1. The van der Waals surface area contributed by atoms with E-state index in [-0.39, 0.29) is 18.6 Å². The summed E-state index contributed by atoms with van der Waals surface area (Å²) < 4.78 is 0. The third-order valence-electron chi connectivity index (χ3n) is 9.03. The SMILES string of the molecule is OCCN1CCN(CCCN2c3ccccc3C3C(c4ccccc4)=NN(c4ccccc4)C3c3ccccc32)CC1. The van der Waals surface area contributed by atoms with Crippen molar-refractivity contribution in [3.63, 3.8) is 0 Å². The average Bonchev–Trinajstić information content (AvgIpc) is 3.40. The van der Waals surface area contributed by atoms with Crippen molar-refractivity contribution in [2.24, 2.45) is 5.10 Å². The Morgan fingerprint density at radius 3 is 1.88 bits per heavy atom. The van der Waals surface area contributed by atoms with Crippen molar-refractivity contribution < 1.29 is 5.11 Å². The molecule has 0 saturated carbocycles. The standard InChI is InChI=1S/C36H39N5O/c42-27-26-39-24-22-38(23-25-39)20-11-21-40-32-18-9-7-16-30(32)34-35(28-12-3-1-4-13-28)37-41(29-14-5-2-6-15-29)36(34)31-17-8-10-19-33(31)40/h1-10,12-19,34,36,42H,11,20-27H2. The normalized spacial score (nSPS) is 20.5. The van der Waals surface area contributed by atoms with Gasteiger partial charge in [0.15, 0.2) is 0 Å². The largest absolute Gasteiger partial charge is 0.395 e. The number of nitrogens with zero attached hydrogens (tertiary/aromatic N) is 5. The van der Waals surface area contributed by atoms with Crippen molar-refractivity contribution in [3.05, 3.63) is 126 Å². The molecule has 3 heterocycles. The first kappa shape index (κ1) is 26.9. The topological polar surface area (TPSA) is 45.6 Å². The fourth-order valence-corrected chi connectivity index (χ4v) is 6.99. The Morgan fingerprint density at radius 2 is 1.19 bits per heavy atom. The smallest absolute Gasteiger partial charge is 0.0921 e. The molecule has 6 heteroatoms. The number of aliphatic hydroxyl groups excluding tert-OH is 1. The first-order chi connectivity index (χ1) is 20.8. The summed E-state index contributed by atoms with van der Waals surface area (Å²) in [4.78, 5) is 7.51. The quantitative estimate of drug-likeness (QED) is 0.293. The van der Waals surface area contributed by atoms with Gasteiger partial charge >= 0.3 is 0 Å². The van der Waals surface area contributed by atoms with Crippen LogP contribution in [0, 0.1) is 0 Å². The molecule has 1 saturated heterocycles. The molecule has 0 radical (unpaired) electrons. The molecule has 0 aromatic heterocycles. The van der Waals surface area contributed by atoms with Gasteiger partial charge in [-0.05, 0) is 48.4 Å². The van der Waals surface area contributed by atoms with E-state index in [4.69, 9.17) is 5.10 Å². The molecular weight excluding hydrogens is 518 g/mol. The number of hydrogen-bond acceptors (Lipinski definition) is 6. The Hall–Kier alpha value is -3.97. The number of aliphatic hydroxyl groups is 1. The molecular formula is C36H39N5O. The summed E-state index contributed by atoms with van der Waals surface area (Å²) in [6.45, 7) is 7.27. The summed E-state index contributed by atoms with van der Waals surface area (Å²) in [5, 5.41) is 17.0. The van der Waals surface area contributed by atoms with Crippen molar-refractivity contribution in [2.75, 3.05) is 62.3 Å². The van der Waals surface area contributed by atoms with Crippen molar-refractivity contribution in [2.45, 2.75) is 18.4 Å². The van der Waals surface area contributed by atoms with Crippen LogP contribution in [0.4, 0.5) is 17.1 Å². The van der Waals surface area contributed by atoms with Gasteiger partial charge in [-0.3, -0.25) is 9.91 Å². The number of hydrogen-bond donors (Lipinski definition) is 1. The van der Waals surface area contributed by atoms with Gasteiger partial charge in [-0.2, -0.15) is 5.10 Å². The van der Waals surface area contributed by atoms with Gasteiger partial charge in [0.25, 0.3) is 0 Å². The fraction of sp³-hybridized carbons (Fsp3) is 0.306. The molecule has 1 N–H and O–H groups in total. The van der Waals surface area contributed by atoms with E-state index in [0.717, 1.165) is 63.6 Å². The van der Waals surface area contributed by atoms with Crippen LogP contribution in [-0.2, 0) is 0 Å². The van der Waals surface area contributed by atoms with Crippen LogP contribution in [-0.4, -0.2) is 73.0 Å². The van der Waals surface area contributed by atoms with E-state index in [2.05, 4.69) is 129 Å². The first-order valence-corrected chi connectivity index (χ1v) is 15.3. The summed E-state index contributed by atoms with van der Waals surface area (Å²) in [7, 11) is 0. The molecule has 1 fully saturated rings. The maximum atomic E-state index is 9.30. The maximum Gasteiger partial charge on any atom is 0.0921 e. The molecule has 7 rings (SSSR count). The second-order valence-corrected chi connectivity index (χ2v) is 11.5. The Labute approximate surface area is 249 Å². The van der Waals surface area contributed by atoms with Crippen molar-refractivity contribution in [1.29, 1.82) is 0 Å². The molecule has 0 amide bonds. The summed E-state index contributed by atoms with van der Waals surface area (Å²) >= 11 is 0. The zero-order valence-electron chi connectivity index (χ0n) is 24.1. The van der Waals surface area contributed by atoms with Crippen molar-refractivity contribution in [1.82, 2.24) is 9.80 Å². The zero-order valence-corrected chi connectivity index (χ0v) is 24.1. The van der Waals surface area contributed by atoms with Crippen LogP contribution < -0.4 is 9.91 Å². The minimum Gasteiger partial charge on any atom is -0.395 e. The lowest BCUT2D eigenvalue weighted by molar-refractivity contribution is 0.112. The third kappa shape index (κ3) is 5.11. The predicted octanol–water partition coefficient (Wildman–Crippen LogP) is 5.89. The number of anilines is 3. The van der Waals surface area contributed by atoms with Gasteiger partial charge in [-0.1, -0.05) is 84.9 Å². The molecule has 4 aromatic rings. The summed E-state index contributed by atoms with van der Waals surface area (Å²) in [6.07, 6.45) is 1.08. The lowest BCUT2D eigenvalue weighted by atomic mass is 9.82. The minimum absolute atomic E-state index is 0.0459. The third-order valence-corrected chi connectivity index (χ3v) is 9.03. The second-order valence-electron chi connectivity index (χ2n) is 11.5. The Bertz CT molecular complexity index is 1520. The number of rotatable bonds is 8. The minimum atomic E-state index is 0.0459. The highest BCUT2D eigenvalue weighted by Crippen LogP contribution is 2.53. The van der Waals surface area contributed by atoms with Gasteiger partial charge < -0.3 is 14.9 Å².